The second-order valence-electron chi connectivity index (χ2n) is 6.36. The Bertz CT molecular complexity index is 495. The molecule has 0 atom stereocenters. The highest BCUT2D eigenvalue weighted by atomic mass is 16.5. The zero-order valence-electron chi connectivity index (χ0n) is 13.9. The van der Waals surface area contributed by atoms with Gasteiger partial charge < -0.3 is 14.7 Å². The lowest BCUT2D eigenvalue weighted by atomic mass is 9.80. The Kier molecular flexibility index (Phi) is 5.64. The second kappa shape index (κ2) is 6.83. The van der Waals surface area contributed by atoms with Gasteiger partial charge in [-0.05, 0) is 30.0 Å². The lowest BCUT2D eigenvalue weighted by Gasteiger charge is -2.32. The molecule has 0 saturated heterocycles. The molecule has 0 saturated carbocycles. The fraction of sp³-hybridized carbons (Fsp3) is 0.588. The summed E-state index contributed by atoms with van der Waals surface area (Å²) in [5.74, 6) is 1.04. The van der Waals surface area contributed by atoms with Crippen LogP contribution < -0.4 is 4.74 Å². The molecule has 1 N–H and O–H groups in total. The summed E-state index contributed by atoms with van der Waals surface area (Å²) in [6.45, 7) is 8.75. The summed E-state index contributed by atoms with van der Waals surface area (Å²) in [6.07, 6.45) is 0.729. The molecule has 21 heavy (non-hydrogen) atoms. The fourth-order valence-electron chi connectivity index (χ4n) is 2.01. The first-order valence-corrected chi connectivity index (χ1v) is 7.31. The molecule has 0 aliphatic heterocycles. The molecular formula is C17H27NO3. The maximum atomic E-state index is 12.5. The third-order valence-corrected chi connectivity index (χ3v) is 4.32. The van der Waals surface area contributed by atoms with E-state index in [0.29, 0.717) is 18.2 Å². The molecule has 0 unspecified atom stereocenters. The highest BCUT2D eigenvalue weighted by molar-refractivity contribution is 5.82. The van der Waals surface area contributed by atoms with Crippen molar-refractivity contribution in [2.24, 2.45) is 11.3 Å². The van der Waals surface area contributed by atoms with Gasteiger partial charge >= 0.3 is 0 Å². The van der Waals surface area contributed by atoms with Crippen molar-refractivity contribution in [1.29, 1.82) is 0 Å². The molecular weight excluding hydrogens is 266 g/mol. The van der Waals surface area contributed by atoms with Gasteiger partial charge in [0.1, 0.15) is 0 Å². The van der Waals surface area contributed by atoms with E-state index in [2.05, 4.69) is 13.8 Å². The number of likely N-dealkylation sites (N-methyl/N-ethyl adjacent to an activating group) is 1. The summed E-state index contributed by atoms with van der Waals surface area (Å²) in [7, 11) is 3.36. The SMILES string of the molecule is COc1cc(CCN(C)C(=O)C(C)(C)C(C)C)ccc1O. The van der Waals surface area contributed by atoms with Gasteiger partial charge in [-0.1, -0.05) is 33.8 Å². The molecule has 4 heteroatoms. The molecule has 1 aromatic rings. The van der Waals surface area contributed by atoms with Gasteiger partial charge in [0.2, 0.25) is 5.91 Å². The number of hydrogen-bond donors (Lipinski definition) is 1. The van der Waals surface area contributed by atoms with Gasteiger partial charge in [-0.25, -0.2) is 0 Å². The molecule has 0 bridgehead atoms. The minimum Gasteiger partial charge on any atom is -0.504 e. The maximum absolute atomic E-state index is 12.5. The molecule has 1 rings (SSSR count). The summed E-state index contributed by atoms with van der Waals surface area (Å²) in [4.78, 5) is 14.2. The van der Waals surface area contributed by atoms with E-state index in [9.17, 15) is 9.90 Å². The number of carbonyl (C=O) groups excluding carboxylic acids is 1. The monoisotopic (exact) mass is 293 g/mol. The van der Waals surface area contributed by atoms with Crippen molar-refractivity contribution in [3.63, 3.8) is 0 Å². The zero-order valence-corrected chi connectivity index (χ0v) is 13.9. The van der Waals surface area contributed by atoms with Crippen molar-refractivity contribution in [3.8, 4) is 11.5 Å². The molecule has 0 radical (unpaired) electrons. The first-order chi connectivity index (χ1) is 9.70. The third kappa shape index (κ3) is 4.13. The number of phenolic OH excluding ortho intramolecular Hbond substituents is 1. The minimum absolute atomic E-state index is 0.131. The molecule has 4 nitrogen and oxygen atoms in total. The van der Waals surface area contributed by atoms with E-state index in [4.69, 9.17) is 4.74 Å². The number of hydrogen-bond acceptors (Lipinski definition) is 3. The molecule has 0 aliphatic carbocycles. The van der Waals surface area contributed by atoms with Gasteiger partial charge in [-0.15, -0.1) is 0 Å². The van der Waals surface area contributed by atoms with Crippen LogP contribution in [0.4, 0.5) is 0 Å². The van der Waals surface area contributed by atoms with Crippen LogP contribution in [0.2, 0.25) is 0 Å². The Labute approximate surface area is 127 Å². The molecule has 1 amide bonds. The number of carbonyl (C=O) groups is 1. The van der Waals surface area contributed by atoms with E-state index >= 15 is 0 Å². The highest BCUT2D eigenvalue weighted by Gasteiger charge is 2.33. The van der Waals surface area contributed by atoms with Crippen molar-refractivity contribution in [2.75, 3.05) is 20.7 Å². The van der Waals surface area contributed by atoms with Crippen molar-refractivity contribution < 1.29 is 14.6 Å². The minimum atomic E-state index is -0.360. The highest BCUT2D eigenvalue weighted by Crippen LogP contribution is 2.29. The number of nitrogens with zero attached hydrogens (tertiary/aromatic N) is 1. The van der Waals surface area contributed by atoms with Crippen LogP contribution in [-0.2, 0) is 11.2 Å². The molecule has 118 valence electrons. The smallest absolute Gasteiger partial charge is 0.228 e. The molecule has 0 fully saturated rings. The number of phenols is 1. The fourth-order valence-corrected chi connectivity index (χ4v) is 2.01. The maximum Gasteiger partial charge on any atom is 0.228 e. The van der Waals surface area contributed by atoms with Gasteiger partial charge in [0.05, 0.1) is 7.11 Å². The average Bonchev–Trinajstić information content (AvgIpc) is 2.44. The molecule has 0 spiro atoms. The van der Waals surface area contributed by atoms with E-state index < -0.39 is 0 Å². The van der Waals surface area contributed by atoms with Crippen LogP contribution in [-0.4, -0.2) is 36.6 Å². The Morgan fingerprint density at radius 2 is 2.00 bits per heavy atom. The number of methoxy groups -OCH3 is 1. The first-order valence-electron chi connectivity index (χ1n) is 7.31. The van der Waals surface area contributed by atoms with Gasteiger partial charge in [0, 0.05) is 19.0 Å². The summed E-state index contributed by atoms with van der Waals surface area (Å²) in [5, 5.41) is 9.58. The topological polar surface area (TPSA) is 49.8 Å². The van der Waals surface area contributed by atoms with Crippen LogP contribution in [0.15, 0.2) is 18.2 Å². The molecule has 0 aliphatic rings. The number of ether oxygens (including phenoxy) is 1. The first kappa shape index (κ1) is 17.3. The van der Waals surface area contributed by atoms with Crippen LogP contribution >= 0.6 is 0 Å². The number of amides is 1. The van der Waals surface area contributed by atoms with Crippen molar-refractivity contribution in [1.82, 2.24) is 4.90 Å². The predicted octanol–water partition coefficient (Wildman–Crippen LogP) is 3.08. The van der Waals surface area contributed by atoms with Crippen LogP contribution in [0.25, 0.3) is 0 Å². The molecule has 0 aromatic heterocycles. The Morgan fingerprint density at radius 3 is 2.52 bits per heavy atom. The van der Waals surface area contributed by atoms with Gasteiger partial charge in [0.15, 0.2) is 11.5 Å². The van der Waals surface area contributed by atoms with Crippen molar-refractivity contribution in [2.45, 2.75) is 34.1 Å². The molecule has 0 heterocycles. The van der Waals surface area contributed by atoms with Crippen LogP contribution in [0, 0.1) is 11.3 Å². The summed E-state index contributed by atoms with van der Waals surface area (Å²) in [5.41, 5.74) is 0.674. The van der Waals surface area contributed by atoms with Crippen LogP contribution in [0.3, 0.4) is 0 Å². The van der Waals surface area contributed by atoms with Crippen molar-refractivity contribution >= 4 is 5.91 Å². The normalized spacial score (nSPS) is 11.6. The standard InChI is InChI=1S/C17H27NO3/c1-12(2)17(3,4)16(20)18(5)10-9-13-7-8-14(19)15(11-13)21-6/h7-8,11-12,19H,9-10H2,1-6H3. The average molecular weight is 293 g/mol. The number of benzene rings is 1. The zero-order chi connectivity index (χ0) is 16.2. The van der Waals surface area contributed by atoms with E-state index in [1.54, 1.807) is 17.0 Å². The lowest BCUT2D eigenvalue weighted by molar-refractivity contribution is -0.141. The predicted molar refractivity (Wildman–Crippen MR) is 84.6 cm³/mol. The van der Waals surface area contributed by atoms with E-state index in [0.717, 1.165) is 12.0 Å². The Balaban J connectivity index is 2.69. The summed E-state index contributed by atoms with van der Waals surface area (Å²) in [6, 6.07) is 5.28. The van der Waals surface area contributed by atoms with E-state index in [1.165, 1.54) is 7.11 Å². The summed E-state index contributed by atoms with van der Waals surface area (Å²) >= 11 is 0. The van der Waals surface area contributed by atoms with E-state index in [1.807, 2.05) is 27.0 Å². The van der Waals surface area contributed by atoms with E-state index in [-0.39, 0.29) is 17.1 Å². The Morgan fingerprint density at radius 1 is 1.38 bits per heavy atom. The largest absolute Gasteiger partial charge is 0.504 e. The third-order valence-electron chi connectivity index (χ3n) is 4.32. The quantitative estimate of drug-likeness (QED) is 0.877. The number of rotatable bonds is 6. The van der Waals surface area contributed by atoms with Gasteiger partial charge in [-0.2, -0.15) is 0 Å². The second-order valence-corrected chi connectivity index (χ2v) is 6.36. The Hall–Kier alpha value is -1.71. The number of aromatic hydroxyl groups is 1. The van der Waals surface area contributed by atoms with Crippen molar-refractivity contribution in [3.05, 3.63) is 23.8 Å². The van der Waals surface area contributed by atoms with Gasteiger partial charge in [0.25, 0.3) is 0 Å². The van der Waals surface area contributed by atoms with Crippen LogP contribution in [0.5, 0.6) is 11.5 Å². The van der Waals surface area contributed by atoms with Crippen LogP contribution in [0.1, 0.15) is 33.3 Å². The lowest BCUT2D eigenvalue weighted by Crippen LogP contribution is -2.42. The summed E-state index contributed by atoms with van der Waals surface area (Å²) < 4.78 is 5.10. The van der Waals surface area contributed by atoms with Gasteiger partial charge in [-0.3, -0.25) is 4.79 Å². The molecule has 1 aromatic carbocycles.